The van der Waals surface area contributed by atoms with Crippen LogP contribution in [0.3, 0.4) is 0 Å². The standard InChI is InChI=1S/C10H15NOS/c1-7(2)8-5-13-9(11-8)10(6-12)3-4-10/h5,7,12H,3-4,6H2,1-2H3. The average molecular weight is 197 g/mol. The van der Waals surface area contributed by atoms with E-state index in [0.29, 0.717) is 5.92 Å². The second kappa shape index (κ2) is 3.07. The second-order valence-electron chi connectivity index (χ2n) is 4.17. The quantitative estimate of drug-likeness (QED) is 0.806. The molecule has 72 valence electrons. The van der Waals surface area contributed by atoms with Crippen LogP contribution < -0.4 is 0 Å². The van der Waals surface area contributed by atoms with E-state index in [1.54, 1.807) is 11.3 Å². The van der Waals surface area contributed by atoms with Crippen molar-refractivity contribution in [1.82, 2.24) is 4.98 Å². The SMILES string of the molecule is CC(C)c1csc(C2(CO)CC2)n1. The molecule has 1 N–H and O–H groups in total. The van der Waals surface area contributed by atoms with Gasteiger partial charge in [-0.3, -0.25) is 0 Å². The molecule has 0 saturated heterocycles. The zero-order valence-electron chi connectivity index (χ0n) is 8.08. The Morgan fingerprint density at radius 2 is 2.31 bits per heavy atom. The van der Waals surface area contributed by atoms with Crippen molar-refractivity contribution in [2.75, 3.05) is 6.61 Å². The molecule has 0 aliphatic heterocycles. The van der Waals surface area contributed by atoms with Crippen molar-refractivity contribution in [2.45, 2.75) is 38.0 Å². The smallest absolute Gasteiger partial charge is 0.101 e. The van der Waals surface area contributed by atoms with Gasteiger partial charge in [-0.2, -0.15) is 0 Å². The molecule has 0 radical (unpaired) electrons. The van der Waals surface area contributed by atoms with Gasteiger partial charge in [-0.25, -0.2) is 4.98 Å². The molecular formula is C10H15NOS. The highest BCUT2D eigenvalue weighted by Crippen LogP contribution is 2.48. The van der Waals surface area contributed by atoms with E-state index < -0.39 is 0 Å². The maximum absolute atomic E-state index is 9.22. The zero-order chi connectivity index (χ0) is 9.47. The number of thiazole rings is 1. The third-order valence-corrected chi connectivity index (χ3v) is 3.83. The number of aliphatic hydroxyl groups is 1. The highest BCUT2D eigenvalue weighted by molar-refractivity contribution is 7.09. The molecule has 0 spiro atoms. The van der Waals surface area contributed by atoms with Crippen LogP contribution in [-0.4, -0.2) is 16.7 Å². The molecule has 1 aliphatic carbocycles. The van der Waals surface area contributed by atoms with Crippen LogP contribution in [0.1, 0.15) is 43.3 Å². The van der Waals surface area contributed by atoms with Crippen molar-refractivity contribution in [3.63, 3.8) is 0 Å². The molecule has 0 aromatic carbocycles. The first-order valence-electron chi connectivity index (χ1n) is 4.75. The van der Waals surface area contributed by atoms with E-state index in [1.807, 2.05) is 0 Å². The first-order chi connectivity index (χ1) is 6.18. The van der Waals surface area contributed by atoms with Crippen LogP contribution in [0, 0.1) is 0 Å². The van der Waals surface area contributed by atoms with Gasteiger partial charge in [0.2, 0.25) is 0 Å². The Hall–Kier alpha value is -0.410. The van der Waals surface area contributed by atoms with E-state index >= 15 is 0 Å². The Morgan fingerprint density at radius 3 is 2.69 bits per heavy atom. The molecule has 1 aromatic heterocycles. The summed E-state index contributed by atoms with van der Waals surface area (Å²) in [5, 5.41) is 12.5. The summed E-state index contributed by atoms with van der Waals surface area (Å²) >= 11 is 1.70. The Labute approximate surface area is 82.6 Å². The summed E-state index contributed by atoms with van der Waals surface area (Å²) in [6.07, 6.45) is 2.21. The fourth-order valence-electron chi connectivity index (χ4n) is 1.39. The molecule has 0 atom stereocenters. The lowest BCUT2D eigenvalue weighted by Gasteiger charge is -2.06. The molecule has 1 aromatic rings. The Kier molecular flexibility index (Phi) is 2.16. The summed E-state index contributed by atoms with van der Waals surface area (Å²) in [4.78, 5) is 4.57. The van der Waals surface area contributed by atoms with Gasteiger partial charge >= 0.3 is 0 Å². The third kappa shape index (κ3) is 1.51. The Morgan fingerprint density at radius 1 is 1.62 bits per heavy atom. The maximum Gasteiger partial charge on any atom is 0.101 e. The van der Waals surface area contributed by atoms with Crippen molar-refractivity contribution in [3.8, 4) is 0 Å². The molecule has 0 bridgehead atoms. The van der Waals surface area contributed by atoms with Crippen LogP contribution in [0.15, 0.2) is 5.38 Å². The van der Waals surface area contributed by atoms with Gasteiger partial charge in [-0.1, -0.05) is 13.8 Å². The van der Waals surface area contributed by atoms with Crippen LogP contribution in [-0.2, 0) is 5.41 Å². The number of nitrogens with zero attached hydrogens (tertiary/aromatic N) is 1. The van der Waals surface area contributed by atoms with Crippen molar-refractivity contribution in [3.05, 3.63) is 16.1 Å². The van der Waals surface area contributed by atoms with Gasteiger partial charge in [0, 0.05) is 10.8 Å². The lowest BCUT2D eigenvalue weighted by Crippen LogP contribution is -2.11. The number of aromatic nitrogens is 1. The largest absolute Gasteiger partial charge is 0.395 e. The van der Waals surface area contributed by atoms with Crippen LogP contribution in [0.4, 0.5) is 0 Å². The fourth-order valence-corrected chi connectivity index (χ4v) is 2.62. The number of hydrogen-bond donors (Lipinski definition) is 1. The summed E-state index contributed by atoms with van der Waals surface area (Å²) in [7, 11) is 0. The van der Waals surface area contributed by atoms with Crippen molar-refractivity contribution >= 4 is 11.3 Å². The van der Waals surface area contributed by atoms with Crippen LogP contribution >= 0.6 is 11.3 Å². The molecule has 0 amide bonds. The lowest BCUT2D eigenvalue weighted by molar-refractivity contribution is 0.254. The zero-order valence-corrected chi connectivity index (χ0v) is 8.90. The highest BCUT2D eigenvalue weighted by atomic mass is 32.1. The maximum atomic E-state index is 9.22. The van der Waals surface area contributed by atoms with Crippen LogP contribution in [0.25, 0.3) is 0 Å². The van der Waals surface area contributed by atoms with Crippen molar-refractivity contribution in [2.24, 2.45) is 0 Å². The first-order valence-corrected chi connectivity index (χ1v) is 5.63. The molecule has 3 heteroatoms. The van der Waals surface area contributed by atoms with Gasteiger partial charge in [0.25, 0.3) is 0 Å². The summed E-state index contributed by atoms with van der Waals surface area (Å²) in [6, 6.07) is 0. The normalized spacial score (nSPS) is 19.4. The molecule has 1 saturated carbocycles. The molecule has 2 nitrogen and oxygen atoms in total. The number of rotatable bonds is 3. The average Bonchev–Trinajstić information content (AvgIpc) is 2.75. The van der Waals surface area contributed by atoms with Gasteiger partial charge in [0.1, 0.15) is 5.01 Å². The number of aliphatic hydroxyl groups excluding tert-OH is 1. The predicted molar refractivity (Wildman–Crippen MR) is 54.2 cm³/mol. The topological polar surface area (TPSA) is 33.1 Å². The minimum atomic E-state index is 0.0534. The second-order valence-corrected chi connectivity index (χ2v) is 5.03. The van der Waals surface area contributed by atoms with E-state index in [4.69, 9.17) is 0 Å². The molecule has 2 rings (SSSR count). The van der Waals surface area contributed by atoms with Gasteiger partial charge < -0.3 is 5.11 Å². The van der Waals surface area contributed by atoms with Crippen LogP contribution in [0.5, 0.6) is 0 Å². The highest BCUT2D eigenvalue weighted by Gasteiger charge is 2.46. The van der Waals surface area contributed by atoms with Gasteiger partial charge in [-0.05, 0) is 18.8 Å². The first kappa shape index (κ1) is 9.16. The minimum absolute atomic E-state index is 0.0534. The Balaban J connectivity index is 2.23. The molecule has 1 fully saturated rings. The minimum Gasteiger partial charge on any atom is -0.395 e. The van der Waals surface area contributed by atoms with Gasteiger partial charge in [0.15, 0.2) is 0 Å². The van der Waals surface area contributed by atoms with Crippen molar-refractivity contribution < 1.29 is 5.11 Å². The molecule has 0 unspecified atom stereocenters. The molecular weight excluding hydrogens is 182 g/mol. The summed E-state index contributed by atoms with van der Waals surface area (Å²) in [5.74, 6) is 0.500. The van der Waals surface area contributed by atoms with Gasteiger partial charge in [0.05, 0.1) is 12.3 Å². The summed E-state index contributed by atoms with van der Waals surface area (Å²) in [5.41, 5.74) is 1.22. The van der Waals surface area contributed by atoms with Crippen LogP contribution in [0.2, 0.25) is 0 Å². The lowest BCUT2D eigenvalue weighted by atomic mass is 10.1. The third-order valence-electron chi connectivity index (χ3n) is 2.72. The monoisotopic (exact) mass is 197 g/mol. The fraction of sp³-hybridized carbons (Fsp3) is 0.700. The van der Waals surface area contributed by atoms with E-state index in [9.17, 15) is 5.11 Å². The van der Waals surface area contributed by atoms with Gasteiger partial charge in [-0.15, -0.1) is 11.3 Å². The molecule has 1 aliphatic rings. The predicted octanol–water partition coefficient (Wildman–Crippen LogP) is 2.29. The summed E-state index contributed by atoms with van der Waals surface area (Å²) < 4.78 is 0. The van der Waals surface area contributed by atoms with E-state index in [-0.39, 0.29) is 12.0 Å². The van der Waals surface area contributed by atoms with Crippen molar-refractivity contribution in [1.29, 1.82) is 0 Å². The molecule has 13 heavy (non-hydrogen) atoms. The summed E-state index contributed by atoms with van der Waals surface area (Å²) in [6.45, 7) is 4.56. The molecule has 1 heterocycles. The van der Waals surface area contributed by atoms with E-state index in [1.165, 1.54) is 5.69 Å². The number of hydrogen-bond acceptors (Lipinski definition) is 3. The van der Waals surface area contributed by atoms with E-state index in [0.717, 1.165) is 17.8 Å². The Bertz CT molecular complexity index is 302. The van der Waals surface area contributed by atoms with E-state index in [2.05, 4.69) is 24.2 Å².